The van der Waals surface area contributed by atoms with Gasteiger partial charge in [-0.3, -0.25) is 9.59 Å². The Kier molecular flexibility index (Phi) is 6.34. The number of carbonyl (C=O) groups excluding carboxylic acids is 2. The third-order valence-corrected chi connectivity index (χ3v) is 6.17. The predicted molar refractivity (Wildman–Crippen MR) is 114 cm³/mol. The number of esters is 2. The minimum atomic E-state index is -4.48. The number of halogens is 3. The van der Waals surface area contributed by atoms with Gasteiger partial charge >= 0.3 is 18.1 Å². The average Bonchev–Trinajstić information content (AvgIpc) is 2.76. The molecule has 2 aliphatic heterocycles. The maximum absolute atomic E-state index is 13.5. The van der Waals surface area contributed by atoms with Crippen molar-refractivity contribution in [1.29, 1.82) is 0 Å². The second-order valence-corrected chi connectivity index (χ2v) is 8.43. The SMILES string of the molecule is CC(=O)OC[C@H]1NC2c3cc(C(F)(F)F)ccc3NC(c3ccccc3)C2CC1OC(C)=O. The first-order valence-corrected chi connectivity index (χ1v) is 10.7. The van der Waals surface area contributed by atoms with Crippen molar-refractivity contribution in [3.05, 3.63) is 65.2 Å². The summed E-state index contributed by atoms with van der Waals surface area (Å²) in [6.07, 6.45) is -4.71. The molecule has 1 saturated heterocycles. The van der Waals surface area contributed by atoms with Crippen molar-refractivity contribution in [3.63, 3.8) is 0 Å². The van der Waals surface area contributed by atoms with E-state index in [0.717, 1.165) is 17.7 Å². The smallest absolute Gasteiger partial charge is 0.416 e. The van der Waals surface area contributed by atoms with Gasteiger partial charge in [-0.25, -0.2) is 0 Å². The Labute approximate surface area is 189 Å². The first-order valence-electron chi connectivity index (χ1n) is 10.7. The fourth-order valence-corrected chi connectivity index (χ4v) is 4.78. The molecule has 9 heteroatoms. The van der Waals surface area contributed by atoms with E-state index in [1.165, 1.54) is 19.9 Å². The van der Waals surface area contributed by atoms with Crippen molar-refractivity contribution in [3.8, 4) is 0 Å². The van der Waals surface area contributed by atoms with Crippen LogP contribution in [0.25, 0.3) is 0 Å². The van der Waals surface area contributed by atoms with E-state index < -0.39 is 41.9 Å². The number of hydrogen-bond donors (Lipinski definition) is 2. The van der Waals surface area contributed by atoms with Crippen molar-refractivity contribution in [2.45, 2.75) is 50.7 Å². The fourth-order valence-electron chi connectivity index (χ4n) is 4.78. The molecule has 176 valence electrons. The minimum absolute atomic E-state index is 0.0613. The van der Waals surface area contributed by atoms with Crippen LogP contribution in [0.2, 0.25) is 0 Å². The zero-order valence-corrected chi connectivity index (χ0v) is 18.2. The lowest BCUT2D eigenvalue weighted by Gasteiger charge is -2.48. The van der Waals surface area contributed by atoms with Crippen LogP contribution in [0.3, 0.4) is 0 Å². The number of ether oxygens (including phenoxy) is 2. The van der Waals surface area contributed by atoms with Crippen LogP contribution in [0.4, 0.5) is 18.9 Å². The summed E-state index contributed by atoms with van der Waals surface area (Å²) in [5.41, 5.74) is 1.32. The second-order valence-electron chi connectivity index (χ2n) is 8.43. The predicted octanol–water partition coefficient (Wildman–Crippen LogP) is 4.39. The molecule has 0 saturated carbocycles. The van der Waals surface area contributed by atoms with Gasteiger partial charge in [-0.1, -0.05) is 30.3 Å². The van der Waals surface area contributed by atoms with Crippen LogP contribution in [-0.2, 0) is 25.2 Å². The third kappa shape index (κ3) is 4.98. The summed E-state index contributed by atoms with van der Waals surface area (Å²) >= 11 is 0. The van der Waals surface area contributed by atoms with E-state index in [4.69, 9.17) is 9.47 Å². The number of nitrogens with one attached hydrogen (secondary N) is 2. The highest BCUT2D eigenvalue weighted by molar-refractivity contribution is 5.67. The molecule has 0 bridgehead atoms. The monoisotopic (exact) mass is 462 g/mol. The van der Waals surface area contributed by atoms with E-state index in [0.29, 0.717) is 17.7 Å². The average molecular weight is 462 g/mol. The van der Waals surface area contributed by atoms with Crippen LogP contribution in [0.15, 0.2) is 48.5 Å². The highest BCUT2D eigenvalue weighted by atomic mass is 19.4. The molecule has 0 amide bonds. The topological polar surface area (TPSA) is 76.7 Å². The highest BCUT2D eigenvalue weighted by Crippen LogP contribution is 2.49. The molecule has 6 nitrogen and oxygen atoms in total. The number of hydrogen-bond acceptors (Lipinski definition) is 6. The first kappa shape index (κ1) is 23.1. The van der Waals surface area contributed by atoms with E-state index in [1.807, 2.05) is 30.3 Å². The van der Waals surface area contributed by atoms with Gasteiger partial charge in [0.15, 0.2) is 0 Å². The second kappa shape index (κ2) is 9.05. The van der Waals surface area contributed by atoms with Crippen molar-refractivity contribution in [2.24, 2.45) is 5.92 Å². The Morgan fingerprint density at radius 3 is 2.39 bits per heavy atom. The van der Waals surface area contributed by atoms with Gasteiger partial charge in [0.25, 0.3) is 0 Å². The number of benzene rings is 2. The van der Waals surface area contributed by atoms with Gasteiger partial charge in [-0.05, 0) is 35.7 Å². The van der Waals surface area contributed by atoms with Crippen LogP contribution >= 0.6 is 0 Å². The van der Waals surface area contributed by atoms with Crippen LogP contribution in [0.5, 0.6) is 0 Å². The summed E-state index contributed by atoms with van der Waals surface area (Å²) < 4.78 is 51.1. The molecule has 0 aromatic heterocycles. The number of alkyl halides is 3. The molecule has 2 aromatic rings. The van der Waals surface area contributed by atoms with Gasteiger partial charge in [0.1, 0.15) is 12.7 Å². The number of rotatable bonds is 4. The van der Waals surface area contributed by atoms with Crippen molar-refractivity contribution < 1.29 is 32.2 Å². The Morgan fingerprint density at radius 2 is 1.76 bits per heavy atom. The molecular formula is C24H25F3N2O4. The molecule has 1 fully saturated rings. The van der Waals surface area contributed by atoms with Crippen molar-refractivity contribution in [1.82, 2.24) is 5.32 Å². The maximum atomic E-state index is 13.5. The lowest BCUT2D eigenvalue weighted by Crippen LogP contribution is -2.56. The van der Waals surface area contributed by atoms with Crippen molar-refractivity contribution in [2.75, 3.05) is 11.9 Å². The standard InChI is InChI=1S/C24H25F3N2O4/c1-13(30)32-12-20-21(33-14(2)31)11-18-22(15-6-4-3-5-7-15)28-19-9-8-16(24(25,26)27)10-17(19)23(18)29-20/h3-10,18,20-23,28-29H,11-12H2,1-2H3/t18?,20-,21?,22?,23?/m1/s1. The molecule has 5 atom stereocenters. The summed E-state index contributed by atoms with van der Waals surface area (Å²) in [5.74, 6) is -1.19. The molecule has 2 N–H and O–H groups in total. The van der Waals surface area contributed by atoms with E-state index in [-0.39, 0.29) is 18.6 Å². The highest BCUT2D eigenvalue weighted by Gasteiger charge is 2.47. The summed E-state index contributed by atoms with van der Waals surface area (Å²) in [7, 11) is 0. The zero-order valence-electron chi connectivity index (χ0n) is 18.2. The molecule has 4 unspecified atom stereocenters. The van der Waals surface area contributed by atoms with E-state index in [2.05, 4.69) is 10.6 Å². The third-order valence-electron chi connectivity index (χ3n) is 6.17. The summed E-state index contributed by atoms with van der Waals surface area (Å²) in [5, 5.41) is 6.74. The Hall–Kier alpha value is -3.07. The molecule has 33 heavy (non-hydrogen) atoms. The Bertz CT molecular complexity index is 1030. The summed E-state index contributed by atoms with van der Waals surface area (Å²) in [6, 6.07) is 12.0. The van der Waals surface area contributed by atoms with Crippen LogP contribution in [-0.4, -0.2) is 30.7 Å². The van der Waals surface area contributed by atoms with Crippen LogP contribution in [0, 0.1) is 5.92 Å². The maximum Gasteiger partial charge on any atom is 0.416 e. The molecule has 2 heterocycles. The molecular weight excluding hydrogens is 437 g/mol. The minimum Gasteiger partial charge on any atom is -0.464 e. The number of anilines is 1. The van der Waals surface area contributed by atoms with E-state index in [1.54, 1.807) is 0 Å². The molecule has 2 aromatic carbocycles. The normalized spacial score (nSPS) is 26.4. The fraction of sp³-hybridized carbons (Fsp3) is 0.417. The van der Waals surface area contributed by atoms with Gasteiger partial charge in [0, 0.05) is 31.5 Å². The molecule has 0 spiro atoms. The van der Waals surface area contributed by atoms with Crippen LogP contribution in [0.1, 0.15) is 49.0 Å². The molecule has 0 radical (unpaired) electrons. The number of piperidine rings is 1. The summed E-state index contributed by atoms with van der Waals surface area (Å²) in [4.78, 5) is 23.2. The van der Waals surface area contributed by atoms with Crippen LogP contribution < -0.4 is 10.6 Å². The van der Waals surface area contributed by atoms with Gasteiger partial charge in [-0.2, -0.15) is 13.2 Å². The van der Waals surface area contributed by atoms with E-state index >= 15 is 0 Å². The lowest BCUT2D eigenvalue weighted by atomic mass is 9.73. The lowest BCUT2D eigenvalue weighted by molar-refractivity contribution is -0.154. The van der Waals surface area contributed by atoms with Gasteiger partial charge in [0.2, 0.25) is 0 Å². The van der Waals surface area contributed by atoms with E-state index in [9.17, 15) is 22.8 Å². The number of carbonyl (C=O) groups is 2. The van der Waals surface area contributed by atoms with Gasteiger partial charge in [-0.15, -0.1) is 0 Å². The quantitative estimate of drug-likeness (QED) is 0.657. The zero-order chi connectivity index (χ0) is 23.8. The largest absolute Gasteiger partial charge is 0.464 e. The summed E-state index contributed by atoms with van der Waals surface area (Å²) in [6.45, 7) is 2.51. The molecule has 4 rings (SSSR count). The Morgan fingerprint density at radius 1 is 1.03 bits per heavy atom. The van der Waals surface area contributed by atoms with Gasteiger partial charge in [0.05, 0.1) is 17.6 Å². The molecule has 2 aliphatic rings. The number of fused-ring (bicyclic) bond motifs is 3. The van der Waals surface area contributed by atoms with Gasteiger partial charge < -0.3 is 20.1 Å². The Balaban J connectivity index is 1.76. The van der Waals surface area contributed by atoms with Crippen molar-refractivity contribution >= 4 is 17.6 Å². The molecule has 0 aliphatic carbocycles. The first-order chi connectivity index (χ1) is 15.6.